The third-order valence-corrected chi connectivity index (χ3v) is 4.52. The van der Waals surface area contributed by atoms with Crippen LogP contribution in [0.2, 0.25) is 5.02 Å². The number of nitrogens with one attached hydrogen (secondary N) is 1. The fourth-order valence-corrected chi connectivity index (χ4v) is 3.02. The minimum atomic E-state index is 0.822. The lowest BCUT2D eigenvalue weighted by Gasteiger charge is -2.37. The molecule has 0 atom stereocenters. The van der Waals surface area contributed by atoms with Crippen molar-refractivity contribution in [1.29, 1.82) is 0 Å². The highest BCUT2D eigenvalue weighted by Crippen LogP contribution is 2.21. The van der Waals surface area contributed by atoms with Crippen LogP contribution in [-0.2, 0) is 0 Å². The lowest BCUT2D eigenvalue weighted by molar-refractivity contribution is 0.276. The standard InChI is InChI=1S/C16H22ClN3/c1-13(14-10-18-11-14)12-19-5-7-20(8-6-19)16-4-2-3-15(17)9-16/h2-4,9,18H,5-8,10-12H2,1H3. The Morgan fingerprint density at radius 1 is 1.20 bits per heavy atom. The van der Waals surface area contributed by atoms with Crippen molar-refractivity contribution >= 4 is 17.3 Å². The molecule has 0 aliphatic carbocycles. The number of benzene rings is 1. The van der Waals surface area contributed by atoms with Crippen molar-refractivity contribution in [1.82, 2.24) is 10.2 Å². The molecule has 0 radical (unpaired) electrons. The minimum Gasteiger partial charge on any atom is -0.369 e. The summed E-state index contributed by atoms with van der Waals surface area (Å²) in [7, 11) is 0. The van der Waals surface area contributed by atoms with Crippen molar-refractivity contribution in [3.8, 4) is 0 Å². The molecule has 2 aliphatic heterocycles. The summed E-state index contributed by atoms with van der Waals surface area (Å²) in [5.74, 6) is 0. The Bertz CT molecular complexity index is 498. The molecule has 0 unspecified atom stereocenters. The molecule has 20 heavy (non-hydrogen) atoms. The van der Waals surface area contributed by atoms with Crippen LogP contribution in [0.1, 0.15) is 6.92 Å². The zero-order valence-corrected chi connectivity index (χ0v) is 12.8. The molecule has 0 amide bonds. The van der Waals surface area contributed by atoms with E-state index in [1.165, 1.54) is 5.69 Å². The van der Waals surface area contributed by atoms with Gasteiger partial charge in [-0.1, -0.05) is 23.2 Å². The van der Waals surface area contributed by atoms with Crippen LogP contribution in [0.4, 0.5) is 5.69 Å². The van der Waals surface area contributed by atoms with E-state index in [0.717, 1.165) is 50.8 Å². The summed E-state index contributed by atoms with van der Waals surface area (Å²) in [5, 5.41) is 4.14. The first-order valence-corrected chi connectivity index (χ1v) is 7.71. The SMILES string of the molecule is CC(CN1CCN(c2cccc(Cl)c2)CC1)=C1CNC1. The predicted octanol–water partition coefficient (Wildman–Crippen LogP) is 2.38. The fraction of sp³-hybridized carbons (Fsp3) is 0.500. The summed E-state index contributed by atoms with van der Waals surface area (Å²) >= 11 is 6.07. The van der Waals surface area contributed by atoms with Crippen molar-refractivity contribution in [2.45, 2.75) is 6.92 Å². The average molecular weight is 292 g/mol. The second-order valence-electron chi connectivity index (χ2n) is 5.73. The van der Waals surface area contributed by atoms with Gasteiger partial charge in [0.15, 0.2) is 0 Å². The van der Waals surface area contributed by atoms with E-state index in [0.29, 0.717) is 0 Å². The van der Waals surface area contributed by atoms with E-state index in [9.17, 15) is 0 Å². The molecule has 1 aromatic carbocycles. The summed E-state index contributed by atoms with van der Waals surface area (Å²) in [6, 6.07) is 8.17. The van der Waals surface area contributed by atoms with E-state index in [2.05, 4.69) is 34.2 Å². The van der Waals surface area contributed by atoms with E-state index in [4.69, 9.17) is 11.6 Å². The van der Waals surface area contributed by atoms with Crippen LogP contribution in [0.3, 0.4) is 0 Å². The normalized spacial score (nSPS) is 19.9. The molecule has 3 rings (SSSR count). The molecule has 108 valence electrons. The Morgan fingerprint density at radius 3 is 2.55 bits per heavy atom. The molecule has 0 bridgehead atoms. The number of anilines is 1. The Morgan fingerprint density at radius 2 is 1.95 bits per heavy atom. The van der Waals surface area contributed by atoms with E-state index < -0.39 is 0 Å². The highest BCUT2D eigenvalue weighted by Gasteiger charge is 2.19. The van der Waals surface area contributed by atoms with Crippen molar-refractivity contribution in [2.75, 3.05) is 50.7 Å². The lowest BCUT2D eigenvalue weighted by atomic mass is 10.0. The molecule has 2 aliphatic rings. The maximum Gasteiger partial charge on any atom is 0.0426 e. The van der Waals surface area contributed by atoms with E-state index in [1.54, 1.807) is 11.1 Å². The largest absolute Gasteiger partial charge is 0.369 e. The van der Waals surface area contributed by atoms with Gasteiger partial charge in [-0.05, 0) is 30.7 Å². The van der Waals surface area contributed by atoms with Crippen LogP contribution < -0.4 is 10.2 Å². The molecular weight excluding hydrogens is 270 g/mol. The van der Waals surface area contributed by atoms with Crippen molar-refractivity contribution in [2.24, 2.45) is 0 Å². The quantitative estimate of drug-likeness (QED) is 0.863. The summed E-state index contributed by atoms with van der Waals surface area (Å²) < 4.78 is 0. The first kappa shape index (κ1) is 13.9. The van der Waals surface area contributed by atoms with Gasteiger partial charge in [-0.2, -0.15) is 0 Å². The Hall–Kier alpha value is -1.03. The van der Waals surface area contributed by atoms with Gasteiger partial charge in [-0.3, -0.25) is 4.90 Å². The van der Waals surface area contributed by atoms with Crippen LogP contribution >= 0.6 is 11.6 Å². The van der Waals surface area contributed by atoms with Crippen LogP contribution in [-0.4, -0.2) is 50.7 Å². The molecule has 3 nitrogen and oxygen atoms in total. The van der Waals surface area contributed by atoms with Crippen LogP contribution in [0.15, 0.2) is 35.4 Å². The molecule has 1 aromatic rings. The second-order valence-corrected chi connectivity index (χ2v) is 6.17. The molecular formula is C16H22ClN3. The monoisotopic (exact) mass is 291 g/mol. The summed E-state index contributed by atoms with van der Waals surface area (Å²) in [5.41, 5.74) is 4.40. The molecule has 2 heterocycles. The van der Waals surface area contributed by atoms with Crippen LogP contribution in [0.25, 0.3) is 0 Å². The number of halogens is 1. The predicted molar refractivity (Wildman–Crippen MR) is 85.7 cm³/mol. The molecule has 1 N–H and O–H groups in total. The van der Waals surface area contributed by atoms with Gasteiger partial charge in [0.05, 0.1) is 0 Å². The first-order valence-electron chi connectivity index (χ1n) is 7.33. The minimum absolute atomic E-state index is 0.822. The van der Waals surface area contributed by atoms with Crippen molar-refractivity contribution in [3.63, 3.8) is 0 Å². The van der Waals surface area contributed by atoms with Gasteiger partial charge in [-0.25, -0.2) is 0 Å². The van der Waals surface area contributed by atoms with Gasteiger partial charge < -0.3 is 10.2 Å². The molecule has 0 saturated carbocycles. The molecule has 2 saturated heterocycles. The van der Waals surface area contributed by atoms with Crippen LogP contribution in [0.5, 0.6) is 0 Å². The number of nitrogens with zero attached hydrogens (tertiary/aromatic N) is 2. The summed E-state index contributed by atoms with van der Waals surface area (Å²) in [6.45, 7) is 10.0. The molecule has 4 heteroatoms. The number of piperazine rings is 1. The van der Waals surface area contributed by atoms with Gasteiger partial charge in [0.25, 0.3) is 0 Å². The van der Waals surface area contributed by atoms with Crippen molar-refractivity contribution in [3.05, 3.63) is 40.4 Å². The Balaban J connectivity index is 1.54. The summed E-state index contributed by atoms with van der Waals surface area (Å²) in [6.07, 6.45) is 0. The van der Waals surface area contributed by atoms with E-state index in [-0.39, 0.29) is 0 Å². The summed E-state index contributed by atoms with van der Waals surface area (Å²) in [4.78, 5) is 4.98. The first-order chi connectivity index (χ1) is 9.72. The third-order valence-electron chi connectivity index (χ3n) is 4.29. The Kier molecular flexibility index (Phi) is 4.29. The van der Waals surface area contributed by atoms with E-state index in [1.807, 2.05) is 12.1 Å². The smallest absolute Gasteiger partial charge is 0.0426 e. The lowest BCUT2D eigenvalue weighted by Crippen LogP contribution is -2.47. The number of hydrogen-bond donors (Lipinski definition) is 1. The number of hydrogen-bond acceptors (Lipinski definition) is 3. The molecule has 2 fully saturated rings. The molecule has 0 spiro atoms. The highest BCUT2D eigenvalue weighted by molar-refractivity contribution is 6.30. The van der Waals surface area contributed by atoms with Gasteiger partial charge in [0, 0.05) is 56.5 Å². The average Bonchev–Trinajstić information content (AvgIpc) is 2.37. The van der Waals surface area contributed by atoms with Crippen LogP contribution in [0, 0.1) is 0 Å². The molecule has 0 aromatic heterocycles. The van der Waals surface area contributed by atoms with E-state index >= 15 is 0 Å². The zero-order valence-electron chi connectivity index (χ0n) is 12.0. The maximum atomic E-state index is 6.07. The second kappa shape index (κ2) is 6.17. The van der Waals surface area contributed by atoms with Gasteiger partial charge in [0.2, 0.25) is 0 Å². The van der Waals surface area contributed by atoms with Crippen molar-refractivity contribution < 1.29 is 0 Å². The number of rotatable bonds is 3. The maximum absolute atomic E-state index is 6.07. The Labute approximate surface area is 126 Å². The zero-order chi connectivity index (χ0) is 13.9. The topological polar surface area (TPSA) is 18.5 Å². The third kappa shape index (κ3) is 3.17. The van der Waals surface area contributed by atoms with Gasteiger partial charge in [-0.15, -0.1) is 0 Å². The fourth-order valence-electron chi connectivity index (χ4n) is 2.84. The van der Waals surface area contributed by atoms with Gasteiger partial charge >= 0.3 is 0 Å². The highest BCUT2D eigenvalue weighted by atomic mass is 35.5. The van der Waals surface area contributed by atoms with Gasteiger partial charge in [0.1, 0.15) is 0 Å².